The number of aryl methyl sites for hydroxylation is 3. The average molecular weight is 491 g/mol. The number of nitrogens with one attached hydrogen (secondary N) is 2. The fraction of sp³-hybridized carbons (Fsp3) is 0.556. The Bertz CT molecular complexity index is 642. The highest BCUT2D eigenvalue weighted by Gasteiger charge is 2.02. The summed E-state index contributed by atoms with van der Waals surface area (Å²) < 4.78 is 7.41. The molecule has 2 N–H and O–H groups in total. The minimum Gasteiger partial charge on any atom is -0.469 e. The number of thioether (sulfide) groups is 1. The van der Waals surface area contributed by atoms with Gasteiger partial charge in [0.1, 0.15) is 5.76 Å². The third-order valence-electron chi connectivity index (χ3n) is 3.74. The fourth-order valence-electron chi connectivity index (χ4n) is 2.52. The molecular weight excluding hydrogens is 461 g/mol. The van der Waals surface area contributed by atoms with Gasteiger partial charge in [0.25, 0.3) is 0 Å². The Morgan fingerprint density at radius 1 is 1.31 bits per heavy atom. The Morgan fingerprint density at radius 3 is 2.77 bits per heavy atom. The number of nitrogens with zero attached hydrogens (tertiary/aromatic N) is 3. The lowest BCUT2D eigenvalue weighted by molar-refractivity contribution is 0.506. The van der Waals surface area contributed by atoms with Gasteiger partial charge in [-0.2, -0.15) is 16.9 Å². The second kappa shape index (κ2) is 13.1. The van der Waals surface area contributed by atoms with Crippen LogP contribution in [0.25, 0.3) is 0 Å². The van der Waals surface area contributed by atoms with Crippen molar-refractivity contribution in [3.8, 4) is 0 Å². The van der Waals surface area contributed by atoms with Crippen LogP contribution in [0.15, 0.2) is 33.9 Å². The van der Waals surface area contributed by atoms with E-state index in [-0.39, 0.29) is 24.0 Å². The van der Waals surface area contributed by atoms with E-state index in [4.69, 9.17) is 4.42 Å². The Labute approximate surface area is 177 Å². The number of guanidine groups is 1. The van der Waals surface area contributed by atoms with Crippen LogP contribution in [0.3, 0.4) is 0 Å². The lowest BCUT2D eigenvalue weighted by atomic mass is 10.3. The first kappa shape index (κ1) is 22.9. The summed E-state index contributed by atoms with van der Waals surface area (Å²) >= 11 is 1.82. The second-order valence-electron chi connectivity index (χ2n) is 5.91. The molecule has 6 nitrogen and oxygen atoms in total. The first-order chi connectivity index (χ1) is 12.2. The molecule has 0 aliphatic carbocycles. The van der Waals surface area contributed by atoms with E-state index in [1.54, 1.807) is 6.26 Å². The van der Waals surface area contributed by atoms with Crippen molar-refractivity contribution >= 4 is 41.7 Å². The zero-order chi connectivity index (χ0) is 17.9. The highest BCUT2D eigenvalue weighted by atomic mass is 127. The van der Waals surface area contributed by atoms with Crippen LogP contribution in [0.5, 0.6) is 0 Å². The molecule has 0 spiro atoms. The zero-order valence-corrected chi connectivity index (χ0v) is 19.0. The minimum atomic E-state index is 0. The van der Waals surface area contributed by atoms with E-state index < -0.39 is 0 Å². The molecule has 2 aromatic heterocycles. The third kappa shape index (κ3) is 8.48. The van der Waals surface area contributed by atoms with E-state index in [0.717, 1.165) is 62.2 Å². The summed E-state index contributed by atoms with van der Waals surface area (Å²) in [5.74, 6) is 2.92. The van der Waals surface area contributed by atoms with Gasteiger partial charge in [-0.05, 0) is 44.7 Å². The van der Waals surface area contributed by atoms with Crippen molar-refractivity contribution in [1.29, 1.82) is 0 Å². The normalized spacial score (nSPS) is 11.3. The number of halogens is 1. The quantitative estimate of drug-likeness (QED) is 0.231. The molecule has 0 aliphatic rings. The van der Waals surface area contributed by atoms with Gasteiger partial charge in [0.2, 0.25) is 0 Å². The molecule has 0 bridgehead atoms. The Kier molecular flexibility index (Phi) is 11.5. The number of aliphatic imine (C=N–C) groups is 1. The van der Waals surface area contributed by atoms with Crippen LogP contribution in [0.1, 0.15) is 23.6 Å². The van der Waals surface area contributed by atoms with Gasteiger partial charge < -0.3 is 15.1 Å². The molecule has 0 unspecified atom stereocenters. The largest absolute Gasteiger partial charge is 0.469 e. The molecule has 2 heterocycles. The Morgan fingerprint density at radius 2 is 2.12 bits per heavy atom. The van der Waals surface area contributed by atoms with Crippen LogP contribution in [0.4, 0.5) is 0 Å². The first-order valence-corrected chi connectivity index (χ1v) is 10.1. The van der Waals surface area contributed by atoms with Crippen LogP contribution in [0.2, 0.25) is 0 Å². The molecule has 0 atom stereocenters. The standard InChI is InChI=1S/C18H29N5OS.HI/c1-15-14-16(2)23(22-15)11-5-8-19-18(21-10-13-25-3)20-9-7-17-6-4-12-24-17;/h4,6,12,14H,5,7-11,13H2,1-3H3,(H2,19,20,21);1H. The topological polar surface area (TPSA) is 67.4 Å². The SMILES string of the molecule is CSCCNC(=NCCCn1nc(C)cc1C)NCCc1ccco1.I. The monoisotopic (exact) mass is 491 g/mol. The zero-order valence-electron chi connectivity index (χ0n) is 15.8. The van der Waals surface area contributed by atoms with Crippen molar-refractivity contribution in [2.24, 2.45) is 4.99 Å². The second-order valence-corrected chi connectivity index (χ2v) is 6.90. The molecule has 0 fully saturated rings. The van der Waals surface area contributed by atoms with Gasteiger partial charge in [-0.25, -0.2) is 0 Å². The van der Waals surface area contributed by atoms with Crippen molar-refractivity contribution in [1.82, 2.24) is 20.4 Å². The van der Waals surface area contributed by atoms with Crippen LogP contribution in [0, 0.1) is 13.8 Å². The van der Waals surface area contributed by atoms with E-state index in [1.807, 2.05) is 30.8 Å². The molecule has 0 saturated heterocycles. The number of furan rings is 1. The maximum atomic E-state index is 5.36. The van der Waals surface area contributed by atoms with Crippen molar-refractivity contribution < 1.29 is 4.42 Å². The van der Waals surface area contributed by atoms with Crippen LogP contribution in [-0.4, -0.2) is 47.4 Å². The molecule has 2 rings (SSSR count). The number of aromatic nitrogens is 2. The van der Waals surface area contributed by atoms with Gasteiger partial charge >= 0.3 is 0 Å². The molecule has 26 heavy (non-hydrogen) atoms. The van der Waals surface area contributed by atoms with E-state index >= 15 is 0 Å². The van der Waals surface area contributed by atoms with E-state index in [0.29, 0.717) is 0 Å². The maximum Gasteiger partial charge on any atom is 0.191 e. The van der Waals surface area contributed by atoms with E-state index in [9.17, 15) is 0 Å². The molecule has 0 aromatic carbocycles. The molecule has 0 aliphatic heterocycles. The summed E-state index contributed by atoms with van der Waals surface area (Å²) in [7, 11) is 0. The molecule has 2 aromatic rings. The summed E-state index contributed by atoms with van der Waals surface area (Å²) in [6.45, 7) is 7.50. The molecule has 0 radical (unpaired) electrons. The van der Waals surface area contributed by atoms with Crippen molar-refractivity contribution in [3.63, 3.8) is 0 Å². The highest BCUT2D eigenvalue weighted by Crippen LogP contribution is 2.03. The van der Waals surface area contributed by atoms with Crippen LogP contribution in [-0.2, 0) is 13.0 Å². The lowest BCUT2D eigenvalue weighted by Crippen LogP contribution is -2.39. The summed E-state index contributed by atoms with van der Waals surface area (Å²) in [5, 5.41) is 11.2. The number of hydrogen-bond acceptors (Lipinski definition) is 4. The average Bonchev–Trinajstić information content (AvgIpc) is 3.21. The minimum absolute atomic E-state index is 0. The fourth-order valence-corrected chi connectivity index (χ4v) is 2.82. The van der Waals surface area contributed by atoms with Gasteiger partial charge in [-0.1, -0.05) is 0 Å². The summed E-state index contributed by atoms with van der Waals surface area (Å²) in [6, 6.07) is 6.02. The van der Waals surface area contributed by atoms with E-state index in [2.05, 4.69) is 44.7 Å². The number of rotatable bonds is 10. The Hall–Kier alpha value is -1.16. The molecule has 8 heteroatoms. The van der Waals surface area contributed by atoms with Gasteiger partial charge in [-0.3, -0.25) is 9.67 Å². The van der Waals surface area contributed by atoms with Crippen molar-refractivity contribution in [2.75, 3.05) is 31.6 Å². The van der Waals surface area contributed by atoms with Crippen molar-refractivity contribution in [3.05, 3.63) is 41.6 Å². The van der Waals surface area contributed by atoms with Gasteiger partial charge in [-0.15, -0.1) is 24.0 Å². The molecule has 146 valence electrons. The Balaban J connectivity index is 0.00000338. The smallest absolute Gasteiger partial charge is 0.191 e. The first-order valence-electron chi connectivity index (χ1n) is 8.73. The molecule has 0 saturated carbocycles. The van der Waals surface area contributed by atoms with Crippen molar-refractivity contribution in [2.45, 2.75) is 33.2 Å². The van der Waals surface area contributed by atoms with Crippen LogP contribution >= 0.6 is 35.7 Å². The molecular formula is C18H30IN5OS. The van der Waals surface area contributed by atoms with Gasteiger partial charge in [0.15, 0.2) is 5.96 Å². The summed E-state index contributed by atoms with van der Waals surface area (Å²) in [4.78, 5) is 4.68. The number of hydrogen-bond donors (Lipinski definition) is 2. The van der Waals surface area contributed by atoms with E-state index in [1.165, 1.54) is 5.69 Å². The predicted octanol–water partition coefficient (Wildman–Crippen LogP) is 3.24. The lowest BCUT2D eigenvalue weighted by Gasteiger charge is -2.12. The van der Waals surface area contributed by atoms with Gasteiger partial charge in [0.05, 0.1) is 12.0 Å². The van der Waals surface area contributed by atoms with Crippen LogP contribution < -0.4 is 10.6 Å². The maximum absolute atomic E-state index is 5.36. The highest BCUT2D eigenvalue weighted by molar-refractivity contribution is 14.0. The molecule has 0 amide bonds. The van der Waals surface area contributed by atoms with Gasteiger partial charge in [0, 0.05) is 44.0 Å². The summed E-state index contributed by atoms with van der Waals surface area (Å²) in [5.41, 5.74) is 2.27. The third-order valence-corrected chi connectivity index (χ3v) is 4.36. The summed E-state index contributed by atoms with van der Waals surface area (Å²) in [6.07, 6.45) is 5.63. The predicted molar refractivity (Wildman–Crippen MR) is 121 cm³/mol.